The van der Waals surface area contributed by atoms with Gasteiger partial charge in [-0.25, -0.2) is 0 Å². The lowest BCUT2D eigenvalue weighted by molar-refractivity contribution is 0.0947. The Balaban J connectivity index is 1.44. The van der Waals surface area contributed by atoms with E-state index in [1.165, 1.54) is 7.11 Å². The molecule has 8 heteroatoms. The van der Waals surface area contributed by atoms with E-state index in [0.29, 0.717) is 53.2 Å². The van der Waals surface area contributed by atoms with Gasteiger partial charge in [0.15, 0.2) is 17.3 Å². The molecule has 0 unspecified atom stereocenters. The summed E-state index contributed by atoms with van der Waals surface area (Å²) in [7, 11) is 3.06. The molecule has 0 radical (unpaired) electrons. The first-order valence-electron chi connectivity index (χ1n) is 9.04. The first-order valence-corrected chi connectivity index (χ1v) is 9.04. The molecular formula is C21H20N2O6. The molecule has 0 aliphatic carbocycles. The molecule has 0 saturated carbocycles. The van der Waals surface area contributed by atoms with Gasteiger partial charge in [0.25, 0.3) is 5.91 Å². The Labute approximate surface area is 167 Å². The molecule has 1 N–H and O–H groups in total. The Morgan fingerprint density at radius 1 is 1.03 bits per heavy atom. The summed E-state index contributed by atoms with van der Waals surface area (Å²) < 4.78 is 27.0. The number of aromatic nitrogens is 1. The lowest BCUT2D eigenvalue weighted by atomic mass is 10.1. The number of rotatable bonds is 6. The maximum Gasteiger partial charge on any atom is 0.255 e. The molecule has 29 heavy (non-hydrogen) atoms. The van der Waals surface area contributed by atoms with E-state index < -0.39 is 0 Å². The van der Waals surface area contributed by atoms with Crippen LogP contribution in [0.1, 0.15) is 16.1 Å². The van der Waals surface area contributed by atoms with Gasteiger partial charge >= 0.3 is 0 Å². The van der Waals surface area contributed by atoms with E-state index in [1.54, 1.807) is 31.4 Å². The summed E-state index contributed by atoms with van der Waals surface area (Å²) in [5.74, 6) is 2.71. The Bertz CT molecular complexity index is 1030. The van der Waals surface area contributed by atoms with Crippen molar-refractivity contribution in [1.29, 1.82) is 0 Å². The average molecular weight is 396 g/mol. The van der Waals surface area contributed by atoms with Crippen LogP contribution in [0.15, 0.2) is 47.0 Å². The minimum atomic E-state index is -0.284. The predicted octanol–water partition coefficient (Wildman–Crippen LogP) is 3.06. The molecule has 8 nitrogen and oxygen atoms in total. The van der Waals surface area contributed by atoms with Gasteiger partial charge in [0.2, 0.25) is 0 Å². The minimum absolute atomic E-state index is 0.210. The molecule has 0 bridgehead atoms. The smallest absolute Gasteiger partial charge is 0.255 e. The van der Waals surface area contributed by atoms with Gasteiger partial charge in [-0.3, -0.25) is 4.79 Å². The van der Waals surface area contributed by atoms with Gasteiger partial charge in [0.1, 0.15) is 30.4 Å². The van der Waals surface area contributed by atoms with Gasteiger partial charge in [0, 0.05) is 17.7 Å². The van der Waals surface area contributed by atoms with Gasteiger partial charge in [-0.15, -0.1) is 0 Å². The van der Waals surface area contributed by atoms with E-state index in [0.717, 1.165) is 5.56 Å². The number of carbonyl (C=O) groups is 1. The number of nitrogens with zero attached hydrogens (tertiary/aromatic N) is 1. The number of nitrogens with one attached hydrogen (secondary N) is 1. The second-order valence-corrected chi connectivity index (χ2v) is 6.29. The summed E-state index contributed by atoms with van der Waals surface area (Å²) >= 11 is 0. The monoisotopic (exact) mass is 396 g/mol. The second-order valence-electron chi connectivity index (χ2n) is 6.29. The summed E-state index contributed by atoms with van der Waals surface area (Å²) in [6, 6.07) is 12.3. The van der Waals surface area contributed by atoms with Crippen molar-refractivity contribution in [1.82, 2.24) is 10.5 Å². The predicted molar refractivity (Wildman–Crippen MR) is 104 cm³/mol. The van der Waals surface area contributed by atoms with Crippen molar-refractivity contribution >= 4 is 5.91 Å². The van der Waals surface area contributed by atoms with E-state index >= 15 is 0 Å². The molecule has 1 amide bonds. The Kier molecular flexibility index (Phi) is 5.24. The molecule has 0 spiro atoms. The van der Waals surface area contributed by atoms with Crippen molar-refractivity contribution in [2.75, 3.05) is 27.4 Å². The van der Waals surface area contributed by atoms with Gasteiger partial charge in [-0.05, 0) is 30.3 Å². The first kappa shape index (κ1) is 18.7. The molecule has 4 rings (SSSR count). The van der Waals surface area contributed by atoms with Crippen LogP contribution in [-0.2, 0) is 6.54 Å². The van der Waals surface area contributed by atoms with Crippen molar-refractivity contribution in [2.24, 2.45) is 0 Å². The van der Waals surface area contributed by atoms with Crippen LogP contribution >= 0.6 is 0 Å². The average Bonchev–Trinajstić information content (AvgIpc) is 3.25. The van der Waals surface area contributed by atoms with Gasteiger partial charge in [-0.2, -0.15) is 0 Å². The van der Waals surface area contributed by atoms with Gasteiger partial charge in [0.05, 0.1) is 26.3 Å². The molecule has 1 aromatic heterocycles. The minimum Gasteiger partial charge on any atom is -0.497 e. The highest BCUT2D eigenvalue weighted by molar-refractivity contribution is 5.97. The van der Waals surface area contributed by atoms with Crippen molar-refractivity contribution in [2.45, 2.75) is 6.54 Å². The van der Waals surface area contributed by atoms with Crippen molar-refractivity contribution < 1.29 is 28.3 Å². The summed E-state index contributed by atoms with van der Waals surface area (Å²) in [6.07, 6.45) is 0. The van der Waals surface area contributed by atoms with Crippen LogP contribution in [0.3, 0.4) is 0 Å². The Morgan fingerprint density at radius 2 is 1.86 bits per heavy atom. The first-order chi connectivity index (χ1) is 14.2. The topological polar surface area (TPSA) is 92.1 Å². The number of benzene rings is 2. The van der Waals surface area contributed by atoms with E-state index in [4.69, 9.17) is 23.5 Å². The maximum atomic E-state index is 12.5. The van der Waals surface area contributed by atoms with E-state index in [2.05, 4.69) is 10.5 Å². The van der Waals surface area contributed by atoms with Crippen molar-refractivity contribution in [3.8, 4) is 34.3 Å². The van der Waals surface area contributed by atoms with Crippen LogP contribution in [0, 0.1) is 0 Å². The largest absolute Gasteiger partial charge is 0.497 e. The SMILES string of the molecule is COc1ccc(C(=O)NCc2cc(-c3ccc4c(c3)OCCO4)on2)c(OC)c1. The van der Waals surface area contributed by atoms with Crippen LogP contribution in [0.5, 0.6) is 23.0 Å². The summed E-state index contributed by atoms with van der Waals surface area (Å²) in [5, 5.41) is 6.84. The fourth-order valence-corrected chi connectivity index (χ4v) is 2.98. The maximum absolute atomic E-state index is 12.5. The number of hydrogen-bond acceptors (Lipinski definition) is 7. The molecule has 1 aliphatic rings. The number of amides is 1. The van der Waals surface area contributed by atoms with Crippen LogP contribution in [0.4, 0.5) is 0 Å². The Morgan fingerprint density at radius 3 is 2.66 bits per heavy atom. The van der Waals surface area contributed by atoms with Crippen LogP contribution in [-0.4, -0.2) is 38.5 Å². The quantitative estimate of drug-likeness (QED) is 0.685. The third-order valence-electron chi connectivity index (χ3n) is 4.47. The number of fused-ring (bicyclic) bond motifs is 1. The van der Waals surface area contributed by atoms with E-state index in [9.17, 15) is 4.79 Å². The summed E-state index contributed by atoms with van der Waals surface area (Å²) in [4.78, 5) is 12.5. The molecule has 1 aliphatic heterocycles. The molecule has 0 saturated heterocycles. The zero-order valence-electron chi connectivity index (χ0n) is 16.1. The third kappa shape index (κ3) is 3.96. The molecule has 2 heterocycles. The van der Waals surface area contributed by atoms with Crippen molar-refractivity contribution in [3.05, 3.63) is 53.7 Å². The lowest BCUT2D eigenvalue weighted by Gasteiger charge is -2.18. The zero-order chi connectivity index (χ0) is 20.2. The Hall–Kier alpha value is -3.68. The standard InChI is InChI=1S/C21H20N2O6/c1-25-15-4-5-16(19(11-15)26-2)21(24)22-12-14-10-18(29-23-14)13-3-6-17-20(9-13)28-8-7-27-17/h3-6,9-11H,7-8,12H2,1-2H3,(H,22,24). The highest BCUT2D eigenvalue weighted by Crippen LogP contribution is 2.34. The molecule has 150 valence electrons. The summed E-state index contributed by atoms with van der Waals surface area (Å²) in [6.45, 7) is 1.26. The number of carbonyl (C=O) groups excluding carboxylic acids is 1. The van der Waals surface area contributed by atoms with Gasteiger partial charge < -0.3 is 28.8 Å². The molecule has 3 aromatic rings. The fraction of sp³-hybridized carbons (Fsp3) is 0.238. The highest BCUT2D eigenvalue weighted by Gasteiger charge is 2.16. The third-order valence-corrected chi connectivity index (χ3v) is 4.47. The van der Waals surface area contributed by atoms with Crippen LogP contribution in [0.25, 0.3) is 11.3 Å². The molecule has 0 fully saturated rings. The lowest BCUT2D eigenvalue weighted by Crippen LogP contribution is -2.23. The molecule has 2 aromatic carbocycles. The number of methoxy groups -OCH3 is 2. The van der Waals surface area contributed by atoms with Crippen LogP contribution < -0.4 is 24.3 Å². The van der Waals surface area contributed by atoms with Gasteiger partial charge in [-0.1, -0.05) is 5.16 Å². The zero-order valence-corrected chi connectivity index (χ0v) is 16.1. The fourth-order valence-electron chi connectivity index (χ4n) is 2.98. The van der Waals surface area contributed by atoms with E-state index in [1.807, 2.05) is 18.2 Å². The number of hydrogen-bond donors (Lipinski definition) is 1. The van der Waals surface area contributed by atoms with Crippen LogP contribution in [0.2, 0.25) is 0 Å². The highest BCUT2D eigenvalue weighted by atomic mass is 16.6. The van der Waals surface area contributed by atoms with E-state index in [-0.39, 0.29) is 12.5 Å². The summed E-state index contributed by atoms with van der Waals surface area (Å²) in [5.41, 5.74) is 1.82. The van der Waals surface area contributed by atoms with Crippen molar-refractivity contribution in [3.63, 3.8) is 0 Å². The molecule has 0 atom stereocenters. The second kappa shape index (κ2) is 8.14. The normalized spacial score (nSPS) is 12.3. The number of ether oxygens (including phenoxy) is 4. The molecular weight excluding hydrogens is 376 g/mol.